The second-order valence-corrected chi connectivity index (χ2v) is 3.58. The van der Waals surface area contributed by atoms with Gasteiger partial charge in [0.05, 0.1) is 0 Å². The van der Waals surface area contributed by atoms with Gasteiger partial charge in [0.2, 0.25) is 5.91 Å². The summed E-state index contributed by atoms with van der Waals surface area (Å²) in [6, 6.07) is 11.1. The van der Waals surface area contributed by atoms with Crippen molar-refractivity contribution >= 4 is 5.91 Å². The molecule has 0 aliphatic heterocycles. The fraction of sp³-hybridized carbons (Fsp3) is 0.200. The van der Waals surface area contributed by atoms with Crippen molar-refractivity contribution in [2.45, 2.75) is 20.8 Å². The summed E-state index contributed by atoms with van der Waals surface area (Å²) in [5.41, 5.74) is 8.67. The quantitative estimate of drug-likeness (QED) is 0.879. The molecular weight excluding hydrogens is 224 g/mol. The standard InChI is InChI=1S/C13H12N2O.C2H6/c1-9-12(6-3-7-15-9)10-4-2-5-11(8-10)13(14)16;1-2/h2-8H,1H3,(H2,14,16);1-2H3. The van der Waals surface area contributed by atoms with E-state index in [-0.39, 0.29) is 0 Å². The van der Waals surface area contributed by atoms with Crippen molar-refractivity contribution in [2.75, 3.05) is 0 Å². The van der Waals surface area contributed by atoms with E-state index in [1.807, 2.05) is 45.0 Å². The fourth-order valence-electron chi connectivity index (χ4n) is 1.63. The van der Waals surface area contributed by atoms with E-state index < -0.39 is 5.91 Å². The molecule has 0 aliphatic carbocycles. The number of carbonyl (C=O) groups excluding carboxylic acids is 1. The predicted octanol–water partition coefficient (Wildman–Crippen LogP) is 3.18. The lowest BCUT2D eigenvalue weighted by Gasteiger charge is -2.05. The molecule has 0 aliphatic rings. The molecule has 0 spiro atoms. The number of pyridine rings is 1. The van der Waals surface area contributed by atoms with Crippen molar-refractivity contribution < 1.29 is 4.79 Å². The monoisotopic (exact) mass is 242 g/mol. The van der Waals surface area contributed by atoms with Crippen LogP contribution in [0.15, 0.2) is 42.6 Å². The van der Waals surface area contributed by atoms with Crippen LogP contribution >= 0.6 is 0 Å². The minimum Gasteiger partial charge on any atom is -0.366 e. The van der Waals surface area contributed by atoms with E-state index in [9.17, 15) is 4.79 Å². The van der Waals surface area contributed by atoms with Gasteiger partial charge in [0.15, 0.2) is 0 Å². The summed E-state index contributed by atoms with van der Waals surface area (Å²) in [6.45, 7) is 5.94. The number of nitrogens with zero attached hydrogens (tertiary/aromatic N) is 1. The van der Waals surface area contributed by atoms with Crippen LogP contribution in [0, 0.1) is 6.92 Å². The highest BCUT2D eigenvalue weighted by atomic mass is 16.1. The average molecular weight is 242 g/mol. The molecule has 2 rings (SSSR count). The van der Waals surface area contributed by atoms with Gasteiger partial charge in [-0.25, -0.2) is 0 Å². The van der Waals surface area contributed by atoms with Gasteiger partial charge in [-0.2, -0.15) is 0 Å². The van der Waals surface area contributed by atoms with Gasteiger partial charge in [0.1, 0.15) is 0 Å². The van der Waals surface area contributed by atoms with Crippen LogP contribution in [0.25, 0.3) is 11.1 Å². The molecule has 2 aromatic rings. The maximum Gasteiger partial charge on any atom is 0.248 e. The Bertz CT molecular complexity index is 536. The molecule has 94 valence electrons. The van der Waals surface area contributed by atoms with Crippen molar-refractivity contribution in [1.82, 2.24) is 4.98 Å². The lowest BCUT2D eigenvalue weighted by Crippen LogP contribution is -2.10. The number of aromatic nitrogens is 1. The van der Waals surface area contributed by atoms with E-state index in [4.69, 9.17) is 5.73 Å². The topological polar surface area (TPSA) is 56.0 Å². The molecule has 0 radical (unpaired) electrons. The minimum absolute atomic E-state index is 0.414. The Balaban J connectivity index is 0.000000771. The number of primary amides is 1. The first-order valence-corrected chi connectivity index (χ1v) is 6.00. The largest absolute Gasteiger partial charge is 0.366 e. The van der Waals surface area contributed by atoms with Crippen LogP contribution in [0.5, 0.6) is 0 Å². The highest BCUT2D eigenvalue weighted by Crippen LogP contribution is 2.22. The van der Waals surface area contributed by atoms with Gasteiger partial charge >= 0.3 is 0 Å². The molecule has 0 fully saturated rings. The Hall–Kier alpha value is -2.16. The zero-order valence-corrected chi connectivity index (χ0v) is 11.0. The molecule has 0 unspecified atom stereocenters. The highest BCUT2D eigenvalue weighted by molar-refractivity contribution is 5.94. The second kappa shape index (κ2) is 6.55. The molecule has 3 heteroatoms. The zero-order valence-electron chi connectivity index (χ0n) is 11.0. The van der Waals surface area contributed by atoms with E-state index in [2.05, 4.69) is 4.98 Å². The maximum atomic E-state index is 11.1. The summed E-state index contributed by atoms with van der Waals surface area (Å²) >= 11 is 0. The number of rotatable bonds is 2. The third-order valence-electron chi connectivity index (χ3n) is 2.47. The molecule has 1 amide bonds. The highest BCUT2D eigenvalue weighted by Gasteiger charge is 2.05. The molecule has 2 N–H and O–H groups in total. The summed E-state index contributed by atoms with van der Waals surface area (Å²) < 4.78 is 0. The van der Waals surface area contributed by atoms with Crippen molar-refractivity contribution in [1.29, 1.82) is 0 Å². The first-order chi connectivity index (χ1) is 8.68. The Morgan fingerprint density at radius 1 is 1.17 bits per heavy atom. The summed E-state index contributed by atoms with van der Waals surface area (Å²) in [4.78, 5) is 15.3. The number of nitrogens with two attached hydrogens (primary N) is 1. The van der Waals surface area contributed by atoms with Crippen LogP contribution in [0.2, 0.25) is 0 Å². The number of hydrogen-bond donors (Lipinski definition) is 1. The van der Waals surface area contributed by atoms with Crippen LogP contribution < -0.4 is 5.73 Å². The van der Waals surface area contributed by atoms with E-state index in [0.29, 0.717) is 5.56 Å². The fourth-order valence-corrected chi connectivity index (χ4v) is 1.63. The maximum absolute atomic E-state index is 11.1. The van der Waals surface area contributed by atoms with Gasteiger partial charge in [0, 0.05) is 23.0 Å². The minimum atomic E-state index is -0.414. The Morgan fingerprint density at radius 2 is 1.89 bits per heavy atom. The number of hydrogen-bond acceptors (Lipinski definition) is 2. The van der Waals surface area contributed by atoms with E-state index in [1.165, 1.54) is 0 Å². The Kier molecular flexibility index (Phi) is 5.06. The summed E-state index contributed by atoms with van der Waals surface area (Å²) in [5.74, 6) is -0.414. The first kappa shape index (κ1) is 13.9. The van der Waals surface area contributed by atoms with Crippen molar-refractivity contribution in [2.24, 2.45) is 5.73 Å². The molecule has 1 aromatic heterocycles. The zero-order chi connectivity index (χ0) is 13.5. The average Bonchev–Trinajstić information content (AvgIpc) is 2.42. The van der Waals surface area contributed by atoms with Crippen molar-refractivity contribution in [3.63, 3.8) is 0 Å². The number of aryl methyl sites for hydroxylation is 1. The summed E-state index contributed by atoms with van der Waals surface area (Å²) in [6.07, 6.45) is 1.75. The van der Waals surface area contributed by atoms with Crippen LogP contribution in [0.3, 0.4) is 0 Å². The van der Waals surface area contributed by atoms with Crippen LogP contribution in [0.1, 0.15) is 29.9 Å². The SMILES string of the molecule is CC.Cc1ncccc1-c1cccc(C(N)=O)c1. The summed E-state index contributed by atoms with van der Waals surface area (Å²) in [7, 11) is 0. The molecule has 0 bridgehead atoms. The van der Waals surface area contributed by atoms with Crippen molar-refractivity contribution in [3.8, 4) is 11.1 Å². The number of amides is 1. The third-order valence-corrected chi connectivity index (χ3v) is 2.47. The third kappa shape index (κ3) is 3.17. The molecule has 18 heavy (non-hydrogen) atoms. The Morgan fingerprint density at radius 3 is 2.50 bits per heavy atom. The van der Waals surface area contributed by atoms with E-state index in [1.54, 1.807) is 18.3 Å². The normalized spacial score (nSPS) is 9.28. The second-order valence-electron chi connectivity index (χ2n) is 3.58. The first-order valence-electron chi connectivity index (χ1n) is 6.00. The molecular formula is C15H18N2O. The van der Waals surface area contributed by atoms with E-state index in [0.717, 1.165) is 16.8 Å². The van der Waals surface area contributed by atoms with Gasteiger partial charge in [-0.1, -0.05) is 32.0 Å². The smallest absolute Gasteiger partial charge is 0.248 e. The molecule has 3 nitrogen and oxygen atoms in total. The lowest BCUT2D eigenvalue weighted by atomic mass is 10.0. The van der Waals surface area contributed by atoms with E-state index >= 15 is 0 Å². The molecule has 0 saturated heterocycles. The van der Waals surface area contributed by atoms with Crippen LogP contribution in [-0.2, 0) is 0 Å². The van der Waals surface area contributed by atoms with Gasteiger partial charge in [-0.05, 0) is 30.7 Å². The number of carbonyl (C=O) groups is 1. The Labute approximate surface area is 108 Å². The van der Waals surface area contributed by atoms with Gasteiger partial charge < -0.3 is 5.73 Å². The number of benzene rings is 1. The summed E-state index contributed by atoms with van der Waals surface area (Å²) in [5, 5.41) is 0. The van der Waals surface area contributed by atoms with Gasteiger partial charge in [-0.3, -0.25) is 9.78 Å². The predicted molar refractivity (Wildman–Crippen MR) is 74.3 cm³/mol. The lowest BCUT2D eigenvalue weighted by molar-refractivity contribution is 0.100. The van der Waals surface area contributed by atoms with Crippen LogP contribution in [0.4, 0.5) is 0 Å². The van der Waals surface area contributed by atoms with Crippen LogP contribution in [-0.4, -0.2) is 10.9 Å². The molecule has 1 heterocycles. The molecule has 0 atom stereocenters. The molecule has 1 aromatic carbocycles. The van der Waals surface area contributed by atoms with Crippen molar-refractivity contribution in [3.05, 3.63) is 53.9 Å². The molecule has 0 saturated carbocycles. The van der Waals surface area contributed by atoms with Gasteiger partial charge in [0.25, 0.3) is 0 Å². The van der Waals surface area contributed by atoms with Gasteiger partial charge in [-0.15, -0.1) is 0 Å².